The van der Waals surface area contributed by atoms with Gasteiger partial charge in [-0.2, -0.15) is 0 Å². The number of hydrogen-bond acceptors (Lipinski definition) is 4. The van der Waals surface area contributed by atoms with Crippen LogP contribution in [0.4, 0.5) is 16.2 Å². The molecule has 110 valence electrons. The molecule has 0 aliphatic rings. The van der Waals surface area contributed by atoms with Crippen molar-refractivity contribution in [1.29, 1.82) is 0 Å². The topological polar surface area (TPSA) is 79.5 Å². The Morgan fingerprint density at radius 2 is 1.70 bits per heavy atom. The summed E-state index contributed by atoms with van der Waals surface area (Å²) in [7, 11) is 1.85. The molecule has 0 atom stereocenters. The second-order valence-corrected chi connectivity index (χ2v) is 4.18. The van der Waals surface area contributed by atoms with Crippen LogP contribution in [0.3, 0.4) is 0 Å². The molecule has 3 N–H and O–H groups in total. The molecule has 0 bridgehead atoms. The van der Waals surface area contributed by atoms with E-state index in [0.717, 1.165) is 13.0 Å². The summed E-state index contributed by atoms with van der Waals surface area (Å²) in [6.07, 6.45) is 0.783. The zero-order chi connectivity index (χ0) is 14.8. The van der Waals surface area contributed by atoms with Gasteiger partial charge in [-0.15, -0.1) is 0 Å². The van der Waals surface area contributed by atoms with Crippen LogP contribution in [0, 0.1) is 0 Å². The molecule has 0 fully saturated rings. The van der Waals surface area contributed by atoms with E-state index in [2.05, 4.69) is 16.0 Å². The minimum absolute atomic E-state index is 0.0219. The predicted octanol–water partition coefficient (Wildman–Crippen LogP) is 2.19. The zero-order valence-electron chi connectivity index (χ0n) is 11.9. The van der Waals surface area contributed by atoms with E-state index in [0.29, 0.717) is 24.4 Å². The Labute approximate surface area is 118 Å². The summed E-state index contributed by atoms with van der Waals surface area (Å²) in [5.74, 6) is -0.0219. The van der Waals surface area contributed by atoms with Gasteiger partial charge in [0.15, 0.2) is 0 Å². The van der Waals surface area contributed by atoms with Crippen molar-refractivity contribution in [2.75, 3.05) is 30.8 Å². The Morgan fingerprint density at radius 3 is 2.25 bits per heavy atom. The van der Waals surface area contributed by atoms with Crippen molar-refractivity contribution in [3.8, 4) is 0 Å². The number of rotatable bonds is 7. The lowest BCUT2D eigenvalue weighted by molar-refractivity contribution is -0.116. The number of hydrogen-bond donors (Lipinski definition) is 3. The summed E-state index contributed by atoms with van der Waals surface area (Å²) < 4.78 is 4.77. The van der Waals surface area contributed by atoms with Gasteiger partial charge < -0.3 is 15.4 Å². The lowest BCUT2D eigenvalue weighted by Gasteiger charge is -2.08. The predicted molar refractivity (Wildman–Crippen MR) is 78.9 cm³/mol. The standard InChI is InChI=1S/C14H21N3O3/c1-3-20-14(19)17-12-8-6-11(7-9-12)16-13(18)5-4-10-15-2/h6-9,15H,3-5,10H2,1-2H3,(H,16,18)(H,17,19). The molecule has 0 saturated heterocycles. The van der Waals surface area contributed by atoms with Gasteiger partial charge in [0.05, 0.1) is 6.61 Å². The van der Waals surface area contributed by atoms with Crippen molar-refractivity contribution in [3.63, 3.8) is 0 Å². The maximum absolute atomic E-state index is 11.6. The summed E-state index contributed by atoms with van der Waals surface area (Å²) in [5, 5.41) is 8.37. The molecule has 6 heteroatoms. The van der Waals surface area contributed by atoms with E-state index < -0.39 is 6.09 Å². The van der Waals surface area contributed by atoms with Gasteiger partial charge in [0.1, 0.15) is 0 Å². The molecule has 1 aromatic rings. The average Bonchev–Trinajstić information content (AvgIpc) is 2.41. The maximum atomic E-state index is 11.6. The van der Waals surface area contributed by atoms with Crippen LogP contribution in [0.5, 0.6) is 0 Å². The minimum Gasteiger partial charge on any atom is -0.450 e. The van der Waals surface area contributed by atoms with Crippen LogP contribution in [0.1, 0.15) is 19.8 Å². The third-order valence-corrected chi connectivity index (χ3v) is 2.52. The number of anilines is 2. The largest absolute Gasteiger partial charge is 0.450 e. The highest BCUT2D eigenvalue weighted by atomic mass is 16.5. The Hall–Kier alpha value is -2.08. The Kier molecular flexibility index (Phi) is 7.13. The van der Waals surface area contributed by atoms with E-state index in [-0.39, 0.29) is 5.91 Å². The van der Waals surface area contributed by atoms with E-state index in [1.54, 1.807) is 31.2 Å². The van der Waals surface area contributed by atoms with Crippen molar-refractivity contribution < 1.29 is 14.3 Å². The first-order valence-electron chi connectivity index (χ1n) is 6.64. The number of ether oxygens (including phenoxy) is 1. The molecule has 0 aromatic heterocycles. The Balaban J connectivity index is 2.42. The van der Waals surface area contributed by atoms with Gasteiger partial charge in [0.2, 0.25) is 5.91 Å². The molecule has 0 aliphatic carbocycles. The van der Waals surface area contributed by atoms with Gasteiger partial charge in [-0.1, -0.05) is 0 Å². The van der Waals surface area contributed by atoms with Gasteiger partial charge in [-0.05, 0) is 51.2 Å². The van der Waals surface area contributed by atoms with Crippen molar-refractivity contribution >= 4 is 23.4 Å². The second-order valence-electron chi connectivity index (χ2n) is 4.18. The van der Waals surface area contributed by atoms with E-state index in [1.807, 2.05) is 7.05 Å². The molecule has 1 rings (SSSR count). The third kappa shape index (κ3) is 6.19. The number of benzene rings is 1. The smallest absolute Gasteiger partial charge is 0.411 e. The van der Waals surface area contributed by atoms with Crippen LogP contribution in [0.15, 0.2) is 24.3 Å². The summed E-state index contributed by atoms with van der Waals surface area (Å²) in [4.78, 5) is 22.8. The second kappa shape index (κ2) is 8.92. The van der Waals surface area contributed by atoms with E-state index >= 15 is 0 Å². The average molecular weight is 279 g/mol. The molecule has 0 spiro atoms. The van der Waals surface area contributed by atoms with Crippen molar-refractivity contribution in [1.82, 2.24) is 5.32 Å². The van der Waals surface area contributed by atoms with E-state index in [9.17, 15) is 9.59 Å². The van der Waals surface area contributed by atoms with Gasteiger partial charge in [-0.3, -0.25) is 10.1 Å². The maximum Gasteiger partial charge on any atom is 0.411 e. The van der Waals surface area contributed by atoms with Crippen LogP contribution in [-0.2, 0) is 9.53 Å². The highest BCUT2D eigenvalue weighted by molar-refractivity contribution is 5.91. The molecule has 0 saturated carbocycles. The third-order valence-electron chi connectivity index (χ3n) is 2.52. The minimum atomic E-state index is -0.489. The van der Waals surface area contributed by atoms with Crippen LogP contribution < -0.4 is 16.0 Å². The first-order chi connectivity index (χ1) is 9.65. The van der Waals surface area contributed by atoms with Crippen molar-refractivity contribution in [3.05, 3.63) is 24.3 Å². The van der Waals surface area contributed by atoms with Crippen molar-refractivity contribution in [2.45, 2.75) is 19.8 Å². The number of nitrogens with one attached hydrogen (secondary N) is 3. The van der Waals surface area contributed by atoms with Gasteiger partial charge >= 0.3 is 6.09 Å². The Bertz CT molecular complexity index is 432. The molecule has 2 amide bonds. The zero-order valence-corrected chi connectivity index (χ0v) is 11.9. The molecule has 0 aliphatic heterocycles. The lowest BCUT2D eigenvalue weighted by Crippen LogP contribution is -2.15. The molecule has 1 aromatic carbocycles. The molecular formula is C14H21N3O3. The number of carbonyl (C=O) groups excluding carboxylic acids is 2. The van der Waals surface area contributed by atoms with Gasteiger partial charge in [0, 0.05) is 17.8 Å². The summed E-state index contributed by atoms with van der Waals surface area (Å²) in [6.45, 7) is 2.88. The first-order valence-corrected chi connectivity index (χ1v) is 6.64. The van der Waals surface area contributed by atoms with Crippen molar-refractivity contribution in [2.24, 2.45) is 0 Å². The van der Waals surface area contributed by atoms with Crippen LogP contribution in [0.25, 0.3) is 0 Å². The molecule has 6 nitrogen and oxygen atoms in total. The van der Waals surface area contributed by atoms with Gasteiger partial charge in [-0.25, -0.2) is 4.79 Å². The number of amides is 2. The molecule has 20 heavy (non-hydrogen) atoms. The Morgan fingerprint density at radius 1 is 1.10 bits per heavy atom. The van der Waals surface area contributed by atoms with Gasteiger partial charge in [0.25, 0.3) is 0 Å². The fourth-order valence-corrected chi connectivity index (χ4v) is 1.57. The summed E-state index contributed by atoms with van der Waals surface area (Å²) in [6, 6.07) is 6.88. The summed E-state index contributed by atoms with van der Waals surface area (Å²) >= 11 is 0. The summed E-state index contributed by atoms with van der Waals surface area (Å²) in [5.41, 5.74) is 1.32. The molecule has 0 radical (unpaired) electrons. The normalized spacial score (nSPS) is 9.90. The molecule has 0 unspecified atom stereocenters. The van der Waals surface area contributed by atoms with Crippen LogP contribution >= 0.6 is 0 Å². The quantitative estimate of drug-likeness (QED) is 0.668. The first kappa shape index (κ1) is 16.0. The number of carbonyl (C=O) groups is 2. The lowest BCUT2D eigenvalue weighted by atomic mass is 10.2. The fraction of sp³-hybridized carbons (Fsp3) is 0.429. The highest BCUT2D eigenvalue weighted by Gasteiger charge is 2.04. The SMILES string of the molecule is CCOC(=O)Nc1ccc(NC(=O)CCCNC)cc1. The van der Waals surface area contributed by atoms with Crippen LogP contribution in [-0.4, -0.2) is 32.2 Å². The fourth-order valence-electron chi connectivity index (χ4n) is 1.57. The van der Waals surface area contributed by atoms with E-state index in [1.165, 1.54) is 0 Å². The monoisotopic (exact) mass is 279 g/mol. The highest BCUT2D eigenvalue weighted by Crippen LogP contribution is 2.14. The molecular weight excluding hydrogens is 258 g/mol. The van der Waals surface area contributed by atoms with Crippen LogP contribution in [0.2, 0.25) is 0 Å². The molecule has 0 heterocycles. The van der Waals surface area contributed by atoms with E-state index in [4.69, 9.17) is 4.74 Å².